The Labute approximate surface area is 513 Å². The molecule has 0 aliphatic carbocycles. The molecular formula is C77H128O6. The van der Waals surface area contributed by atoms with Crippen molar-refractivity contribution in [1.82, 2.24) is 0 Å². The van der Waals surface area contributed by atoms with Gasteiger partial charge in [0, 0.05) is 19.3 Å². The van der Waals surface area contributed by atoms with Crippen LogP contribution in [0.15, 0.2) is 134 Å². The second kappa shape index (κ2) is 70.0. The Kier molecular flexibility index (Phi) is 66.3. The molecular weight excluding hydrogens is 1020 g/mol. The third-order valence-electron chi connectivity index (χ3n) is 14.7. The molecule has 1 atom stereocenters. The fraction of sp³-hybridized carbons (Fsp3) is 0.675. The van der Waals surface area contributed by atoms with Crippen molar-refractivity contribution in [2.24, 2.45) is 0 Å². The van der Waals surface area contributed by atoms with Crippen LogP contribution < -0.4 is 0 Å². The van der Waals surface area contributed by atoms with Crippen molar-refractivity contribution in [2.45, 2.75) is 322 Å². The van der Waals surface area contributed by atoms with Crippen LogP contribution in [0.5, 0.6) is 0 Å². The van der Waals surface area contributed by atoms with Crippen LogP contribution in [-0.4, -0.2) is 37.2 Å². The average molecular weight is 1150 g/mol. The highest BCUT2D eigenvalue weighted by molar-refractivity contribution is 5.71. The average Bonchev–Trinajstić information content (AvgIpc) is 3.49. The van der Waals surface area contributed by atoms with Crippen LogP contribution in [0.4, 0.5) is 0 Å². The van der Waals surface area contributed by atoms with E-state index in [-0.39, 0.29) is 31.1 Å². The lowest BCUT2D eigenvalue weighted by Gasteiger charge is -2.18. The lowest BCUT2D eigenvalue weighted by Crippen LogP contribution is -2.30. The van der Waals surface area contributed by atoms with Crippen molar-refractivity contribution in [3.05, 3.63) is 134 Å². The van der Waals surface area contributed by atoms with Crippen molar-refractivity contribution in [3.63, 3.8) is 0 Å². The van der Waals surface area contributed by atoms with Crippen molar-refractivity contribution < 1.29 is 28.6 Å². The maximum Gasteiger partial charge on any atom is 0.306 e. The summed E-state index contributed by atoms with van der Waals surface area (Å²) >= 11 is 0. The molecule has 0 rings (SSSR count). The number of rotatable bonds is 62. The number of hydrogen-bond acceptors (Lipinski definition) is 6. The van der Waals surface area contributed by atoms with Crippen LogP contribution >= 0.6 is 0 Å². The summed E-state index contributed by atoms with van der Waals surface area (Å²) in [5, 5.41) is 0. The number of esters is 3. The van der Waals surface area contributed by atoms with Gasteiger partial charge in [0.05, 0.1) is 0 Å². The summed E-state index contributed by atoms with van der Waals surface area (Å²) in [4.78, 5) is 38.3. The minimum Gasteiger partial charge on any atom is -0.462 e. The van der Waals surface area contributed by atoms with Crippen LogP contribution in [0.2, 0.25) is 0 Å². The van der Waals surface area contributed by atoms with Crippen LogP contribution in [-0.2, 0) is 28.6 Å². The molecule has 0 spiro atoms. The standard InChI is InChI=1S/C77H128O6/c1-4-7-10-13-16-19-21-23-25-27-29-31-33-35-37-38-40-41-43-45-47-49-51-53-55-58-61-64-67-70-76(79)82-73-74(72-81-75(78)69-66-63-60-57-18-15-12-9-6-3)83-77(80)71-68-65-62-59-56-54-52-50-48-46-44-42-39-36-34-32-30-28-26-24-22-20-17-14-11-8-5-2/h7-8,10-11,16-17,19-20,23-26,29-32,35-37,39-41,74H,4-6,9,12-15,18,21-22,27-28,33-34,38,42-73H2,1-3H3/b10-7-,11-8-,19-16-,20-17-,25-23-,26-24-,31-29-,32-30-,37-35-,39-36-,41-40-. The van der Waals surface area contributed by atoms with E-state index in [9.17, 15) is 14.4 Å². The van der Waals surface area contributed by atoms with Gasteiger partial charge in [-0.25, -0.2) is 0 Å². The third-order valence-corrected chi connectivity index (χ3v) is 14.7. The molecule has 0 aromatic heterocycles. The minimum absolute atomic E-state index is 0.0803. The zero-order valence-corrected chi connectivity index (χ0v) is 54.2. The van der Waals surface area contributed by atoms with Gasteiger partial charge in [-0.3, -0.25) is 14.4 Å². The molecule has 0 bridgehead atoms. The Morgan fingerprint density at radius 1 is 0.253 bits per heavy atom. The molecule has 0 fully saturated rings. The van der Waals surface area contributed by atoms with Crippen LogP contribution in [0.1, 0.15) is 316 Å². The summed E-state index contributed by atoms with van der Waals surface area (Å²) in [5.74, 6) is -0.883. The second-order valence-corrected chi connectivity index (χ2v) is 22.7. The Morgan fingerprint density at radius 3 is 0.735 bits per heavy atom. The van der Waals surface area contributed by atoms with Crippen molar-refractivity contribution in [2.75, 3.05) is 13.2 Å². The first-order chi connectivity index (χ1) is 41.0. The van der Waals surface area contributed by atoms with Gasteiger partial charge in [-0.1, -0.05) is 315 Å². The molecule has 1 unspecified atom stereocenters. The predicted molar refractivity (Wildman–Crippen MR) is 362 cm³/mol. The molecule has 0 heterocycles. The normalized spacial score (nSPS) is 13.0. The van der Waals surface area contributed by atoms with Crippen molar-refractivity contribution in [3.8, 4) is 0 Å². The summed E-state index contributed by atoms with van der Waals surface area (Å²) in [6, 6.07) is 0. The first kappa shape index (κ1) is 78.5. The lowest BCUT2D eigenvalue weighted by molar-refractivity contribution is -0.167. The number of hydrogen-bond donors (Lipinski definition) is 0. The number of carbonyl (C=O) groups is 3. The van der Waals surface area contributed by atoms with E-state index in [0.29, 0.717) is 19.3 Å². The van der Waals surface area contributed by atoms with Crippen LogP contribution in [0.3, 0.4) is 0 Å². The molecule has 83 heavy (non-hydrogen) atoms. The Hall–Kier alpha value is -4.45. The van der Waals surface area contributed by atoms with Gasteiger partial charge < -0.3 is 14.2 Å². The van der Waals surface area contributed by atoms with Gasteiger partial charge >= 0.3 is 17.9 Å². The highest BCUT2D eigenvalue weighted by Crippen LogP contribution is 2.16. The topological polar surface area (TPSA) is 78.9 Å². The summed E-state index contributed by atoms with van der Waals surface area (Å²) < 4.78 is 16.9. The highest BCUT2D eigenvalue weighted by atomic mass is 16.6. The molecule has 472 valence electrons. The molecule has 0 amide bonds. The van der Waals surface area contributed by atoms with Crippen LogP contribution in [0, 0.1) is 0 Å². The van der Waals surface area contributed by atoms with Crippen molar-refractivity contribution >= 4 is 17.9 Å². The van der Waals surface area contributed by atoms with Gasteiger partial charge in [0.25, 0.3) is 0 Å². The van der Waals surface area contributed by atoms with Gasteiger partial charge in [-0.15, -0.1) is 0 Å². The van der Waals surface area contributed by atoms with Gasteiger partial charge in [0.1, 0.15) is 13.2 Å². The number of unbranched alkanes of at least 4 members (excludes halogenated alkanes) is 29. The zero-order chi connectivity index (χ0) is 59.9. The Bertz CT molecular complexity index is 1750. The molecule has 6 nitrogen and oxygen atoms in total. The SMILES string of the molecule is CC/C=C\C/C=C\C/C=C\C/C=C\C/C=C\C/C=C\CCCCCCCCCCCCC(=O)OCC(COC(=O)CCCCCCCCCCC)OC(=O)CCCCCCCCCCCCC/C=C\C/C=C\C/C=C\C/C=C\C/C=C\CC. The summed E-state index contributed by atoms with van der Waals surface area (Å²) in [6.07, 6.45) is 99.1. The molecule has 0 aromatic carbocycles. The molecule has 0 saturated carbocycles. The Morgan fingerprint density at radius 2 is 0.470 bits per heavy atom. The first-order valence-corrected chi connectivity index (χ1v) is 34.7. The molecule has 0 radical (unpaired) electrons. The number of carbonyl (C=O) groups excluding carboxylic acids is 3. The molecule has 0 aliphatic heterocycles. The van der Waals surface area contributed by atoms with Gasteiger partial charge in [-0.2, -0.15) is 0 Å². The lowest BCUT2D eigenvalue weighted by atomic mass is 10.0. The van der Waals surface area contributed by atoms with E-state index in [1.807, 2.05) is 0 Å². The van der Waals surface area contributed by atoms with Gasteiger partial charge in [-0.05, 0) is 116 Å². The minimum atomic E-state index is -0.784. The predicted octanol–water partition coefficient (Wildman–Crippen LogP) is 24.1. The quantitative estimate of drug-likeness (QED) is 0.0261. The number of allylic oxidation sites excluding steroid dienone is 22. The monoisotopic (exact) mass is 1150 g/mol. The number of ether oxygens (including phenoxy) is 3. The summed E-state index contributed by atoms with van der Waals surface area (Å²) in [7, 11) is 0. The maximum absolute atomic E-state index is 12.9. The fourth-order valence-corrected chi connectivity index (χ4v) is 9.53. The molecule has 6 heteroatoms. The third kappa shape index (κ3) is 68.2. The van der Waals surface area contributed by atoms with Crippen molar-refractivity contribution in [1.29, 1.82) is 0 Å². The summed E-state index contributed by atoms with van der Waals surface area (Å²) in [6.45, 7) is 6.41. The van der Waals surface area contributed by atoms with E-state index in [0.717, 1.165) is 128 Å². The molecule has 0 N–H and O–H groups in total. The Balaban J connectivity index is 4.21. The van der Waals surface area contributed by atoms with E-state index in [2.05, 4.69) is 154 Å². The largest absolute Gasteiger partial charge is 0.462 e. The van der Waals surface area contributed by atoms with E-state index in [1.165, 1.54) is 148 Å². The van der Waals surface area contributed by atoms with E-state index in [4.69, 9.17) is 14.2 Å². The smallest absolute Gasteiger partial charge is 0.306 e. The van der Waals surface area contributed by atoms with E-state index >= 15 is 0 Å². The van der Waals surface area contributed by atoms with E-state index in [1.54, 1.807) is 0 Å². The first-order valence-electron chi connectivity index (χ1n) is 34.7. The van der Waals surface area contributed by atoms with E-state index < -0.39 is 6.10 Å². The van der Waals surface area contributed by atoms with Gasteiger partial charge in [0.2, 0.25) is 0 Å². The summed E-state index contributed by atoms with van der Waals surface area (Å²) in [5.41, 5.74) is 0. The van der Waals surface area contributed by atoms with Crippen LogP contribution in [0.25, 0.3) is 0 Å². The van der Waals surface area contributed by atoms with Gasteiger partial charge in [0.15, 0.2) is 6.10 Å². The maximum atomic E-state index is 12.9. The zero-order valence-electron chi connectivity index (χ0n) is 54.2. The molecule has 0 saturated heterocycles. The highest BCUT2D eigenvalue weighted by Gasteiger charge is 2.19. The fourth-order valence-electron chi connectivity index (χ4n) is 9.53. The molecule has 0 aromatic rings. The molecule has 0 aliphatic rings. The second-order valence-electron chi connectivity index (χ2n) is 22.7.